The molecule has 0 bridgehead atoms. The monoisotopic (exact) mass is 206 g/mol. The Morgan fingerprint density at radius 1 is 1.33 bits per heavy atom. The molecular formula is C12H18N2O. The number of ether oxygens (including phenoxy) is 1. The molecular weight excluding hydrogens is 188 g/mol. The molecule has 3 heteroatoms. The highest BCUT2D eigenvalue weighted by atomic mass is 16.5. The van der Waals surface area contributed by atoms with Crippen LogP contribution in [0.15, 0.2) is 18.3 Å². The van der Waals surface area contributed by atoms with Crippen molar-refractivity contribution in [2.45, 2.75) is 37.6 Å². The molecule has 1 heterocycles. The molecule has 0 radical (unpaired) electrons. The lowest BCUT2D eigenvalue weighted by molar-refractivity contribution is 0.285. The summed E-state index contributed by atoms with van der Waals surface area (Å²) in [7, 11) is 1.65. The van der Waals surface area contributed by atoms with Crippen molar-refractivity contribution in [2.75, 3.05) is 7.11 Å². The predicted molar refractivity (Wildman–Crippen MR) is 59.7 cm³/mol. The van der Waals surface area contributed by atoms with E-state index in [1.807, 2.05) is 12.1 Å². The Balaban J connectivity index is 2.34. The molecule has 3 nitrogen and oxygen atoms in total. The van der Waals surface area contributed by atoms with Crippen molar-refractivity contribution in [3.05, 3.63) is 23.9 Å². The first-order chi connectivity index (χ1) is 7.26. The van der Waals surface area contributed by atoms with Gasteiger partial charge < -0.3 is 10.5 Å². The molecule has 0 unspecified atom stereocenters. The van der Waals surface area contributed by atoms with E-state index in [1.165, 1.54) is 19.3 Å². The minimum absolute atomic E-state index is 0.224. The summed E-state index contributed by atoms with van der Waals surface area (Å²) in [5, 5.41) is 0. The van der Waals surface area contributed by atoms with Gasteiger partial charge in [0.2, 0.25) is 5.88 Å². The number of nitrogens with two attached hydrogens (primary N) is 1. The fourth-order valence-corrected chi connectivity index (χ4v) is 2.38. The van der Waals surface area contributed by atoms with E-state index >= 15 is 0 Å². The number of rotatable bonds is 2. The largest absolute Gasteiger partial charge is 0.481 e. The number of nitrogens with zero attached hydrogens (tertiary/aromatic N) is 1. The molecule has 1 aliphatic carbocycles. The van der Waals surface area contributed by atoms with Gasteiger partial charge in [0.05, 0.1) is 7.11 Å². The van der Waals surface area contributed by atoms with Crippen LogP contribution in [0.5, 0.6) is 5.88 Å². The highest BCUT2D eigenvalue weighted by Crippen LogP contribution is 2.37. The normalized spacial score (nSPS) is 19.9. The zero-order chi connectivity index (χ0) is 10.7. The smallest absolute Gasteiger partial charge is 0.218 e. The van der Waals surface area contributed by atoms with Crippen LogP contribution in [-0.2, 0) is 5.54 Å². The highest BCUT2D eigenvalue weighted by Gasteiger charge is 2.32. The van der Waals surface area contributed by atoms with Crippen molar-refractivity contribution in [1.29, 1.82) is 0 Å². The second-order valence-electron chi connectivity index (χ2n) is 4.28. The maximum Gasteiger partial charge on any atom is 0.218 e. The Kier molecular flexibility index (Phi) is 2.91. The molecule has 2 rings (SSSR count). The molecule has 0 atom stereocenters. The maximum absolute atomic E-state index is 6.44. The Morgan fingerprint density at radius 3 is 2.73 bits per heavy atom. The van der Waals surface area contributed by atoms with Crippen molar-refractivity contribution in [2.24, 2.45) is 5.73 Å². The Morgan fingerprint density at radius 2 is 2.07 bits per heavy atom. The predicted octanol–water partition coefficient (Wildman–Crippen LogP) is 2.21. The third-order valence-electron chi connectivity index (χ3n) is 3.25. The molecule has 82 valence electrons. The van der Waals surface area contributed by atoms with Crippen LogP contribution >= 0.6 is 0 Å². The lowest BCUT2D eigenvalue weighted by Crippen LogP contribution is -2.39. The molecule has 1 saturated carbocycles. The summed E-state index contributed by atoms with van der Waals surface area (Å²) >= 11 is 0. The van der Waals surface area contributed by atoms with E-state index in [0.29, 0.717) is 5.88 Å². The van der Waals surface area contributed by atoms with Crippen molar-refractivity contribution in [1.82, 2.24) is 4.98 Å². The van der Waals surface area contributed by atoms with Gasteiger partial charge in [-0.2, -0.15) is 0 Å². The molecule has 1 aliphatic rings. The lowest BCUT2D eigenvalue weighted by Gasteiger charge is -2.34. The second kappa shape index (κ2) is 4.19. The van der Waals surface area contributed by atoms with Crippen LogP contribution in [0, 0.1) is 0 Å². The van der Waals surface area contributed by atoms with E-state index in [1.54, 1.807) is 13.3 Å². The quantitative estimate of drug-likeness (QED) is 0.807. The number of hydrogen-bond acceptors (Lipinski definition) is 3. The molecule has 15 heavy (non-hydrogen) atoms. The first-order valence-corrected chi connectivity index (χ1v) is 5.55. The van der Waals surface area contributed by atoms with Crippen molar-refractivity contribution in [3.8, 4) is 5.88 Å². The van der Waals surface area contributed by atoms with Gasteiger partial charge in [0.1, 0.15) is 0 Å². The van der Waals surface area contributed by atoms with Gasteiger partial charge in [0, 0.05) is 17.3 Å². The Bertz CT molecular complexity index is 332. The van der Waals surface area contributed by atoms with Crippen LogP contribution < -0.4 is 10.5 Å². The summed E-state index contributed by atoms with van der Waals surface area (Å²) in [4.78, 5) is 4.22. The van der Waals surface area contributed by atoms with E-state index in [9.17, 15) is 0 Å². The van der Waals surface area contributed by atoms with Gasteiger partial charge in [-0.3, -0.25) is 0 Å². The molecule has 2 N–H and O–H groups in total. The summed E-state index contributed by atoms with van der Waals surface area (Å²) in [6.45, 7) is 0. The Labute approximate surface area is 90.7 Å². The first-order valence-electron chi connectivity index (χ1n) is 5.55. The second-order valence-corrected chi connectivity index (χ2v) is 4.28. The average Bonchev–Trinajstić information content (AvgIpc) is 2.30. The first kappa shape index (κ1) is 10.4. The van der Waals surface area contributed by atoms with Gasteiger partial charge in [-0.15, -0.1) is 0 Å². The summed E-state index contributed by atoms with van der Waals surface area (Å²) in [6, 6.07) is 3.97. The van der Waals surface area contributed by atoms with Crippen LogP contribution in [0.2, 0.25) is 0 Å². The fourth-order valence-electron chi connectivity index (χ4n) is 2.38. The van der Waals surface area contributed by atoms with Crippen molar-refractivity contribution >= 4 is 0 Å². The van der Waals surface area contributed by atoms with E-state index in [4.69, 9.17) is 10.5 Å². The van der Waals surface area contributed by atoms with Crippen molar-refractivity contribution in [3.63, 3.8) is 0 Å². The van der Waals surface area contributed by atoms with Crippen molar-refractivity contribution < 1.29 is 4.74 Å². The minimum atomic E-state index is -0.224. The summed E-state index contributed by atoms with van der Waals surface area (Å²) in [5.74, 6) is 0.682. The topological polar surface area (TPSA) is 48.1 Å². The van der Waals surface area contributed by atoms with Crippen LogP contribution in [0.1, 0.15) is 37.7 Å². The zero-order valence-corrected chi connectivity index (χ0v) is 9.20. The standard InChI is InChI=1S/C12H18N2O/c1-15-11-10(6-5-9-14-11)12(13)7-3-2-4-8-12/h5-6,9H,2-4,7-8,13H2,1H3. The van der Waals surface area contributed by atoms with Gasteiger partial charge in [-0.1, -0.05) is 25.3 Å². The highest BCUT2D eigenvalue weighted by molar-refractivity contribution is 5.33. The maximum atomic E-state index is 6.44. The SMILES string of the molecule is COc1ncccc1C1(N)CCCCC1. The molecule has 1 fully saturated rings. The van der Waals surface area contributed by atoms with Gasteiger partial charge in [-0.25, -0.2) is 4.98 Å². The summed E-state index contributed by atoms with van der Waals surface area (Å²) in [5.41, 5.74) is 7.27. The summed E-state index contributed by atoms with van der Waals surface area (Å²) < 4.78 is 5.27. The van der Waals surface area contributed by atoms with Gasteiger partial charge in [0.15, 0.2) is 0 Å². The summed E-state index contributed by atoms with van der Waals surface area (Å²) in [6.07, 6.45) is 7.52. The number of aromatic nitrogens is 1. The van der Waals surface area contributed by atoms with Crippen LogP contribution in [0.25, 0.3) is 0 Å². The van der Waals surface area contributed by atoms with Crippen LogP contribution in [0.3, 0.4) is 0 Å². The van der Waals surface area contributed by atoms with E-state index in [0.717, 1.165) is 18.4 Å². The molecule has 1 aromatic heterocycles. The van der Waals surface area contributed by atoms with Crippen LogP contribution in [-0.4, -0.2) is 12.1 Å². The van der Waals surface area contributed by atoms with E-state index in [-0.39, 0.29) is 5.54 Å². The average molecular weight is 206 g/mol. The molecule has 1 aromatic rings. The van der Waals surface area contributed by atoms with Gasteiger partial charge in [0.25, 0.3) is 0 Å². The van der Waals surface area contributed by atoms with Gasteiger partial charge in [-0.05, 0) is 18.9 Å². The molecule has 0 aromatic carbocycles. The number of pyridine rings is 1. The van der Waals surface area contributed by atoms with E-state index < -0.39 is 0 Å². The van der Waals surface area contributed by atoms with Gasteiger partial charge >= 0.3 is 0 Å². The zero-order valence-electron chi connectivity index (χ0n) is 9.20. The Hall–Kier alpha value is -1.09. The number of hydrogen-bond donors (Lipinski definition) is 1. The molecule has 0 spiro atoms. The molecule has 0 saturated heterocycles. The fraction of sp³-hybridized carbons (Fsp3) is 0.583. The number of methoxy groups -OCH3 is 1. The molecule has 0 amide bonds. The minimum Gasteiger partial charge on any atom is -0.481 e. The van der Waals surface area contributed by atoms with E-state index in [2.05, 4.69) is 4.98 Å². The lowest BCUT2D eigenvalue weighted by atomic mass is 9.78. The third kappa shape index (κ3) is 1.97. The molecule has 0 aliphatic heterocycles. The van der Waals surface area contributed by atoms with Crippen LogP contribution in [0.4, 0.5) is 0 Å². The third-order valence-corrected chi connectivity index (χ3v) is 3.25.